The van der Waals surface area contributed by atoms with Gasteiger partial charge >= 0.3 is 0 Å². The first-order chi connectivity index (χ1) is 8.59. The van der Waals surface area contributed by atoms with Gasteiger partial charge in [0.05, 0.1) is 17.4 Å². The van der Waals surface area contributed by atoms with Crippen LogP contribution in [0.15, 0.2) is 30.7 Å². The van der Waals surface area contributed by atoms with Crippen molar-refractivity contribution in [3.8, 4) is 0 Å². The minimum atomic E-state index is -1.39. The summed E-state index contributed by atoms with van der Waals surface area (Å²) in [6, 6.07) is 2.19. The number of hydrogen-bond acceptors (Lipinski definition) is 3. The maximum Gasteiger partial charge on any atom is 0.258 e. The summed E-state index contributed by atoms with van der Waals surface area (Å²) in [5.74, 6) is -4.53. The molecule has 0 aromatic carbocycles. The fourth-order valence-corrected chi connectivity index (χ4v) is 1.26. The lowest BCUT2D eigenvalue weighted by Crippen LogP contribution is -2.16. The smallest absolute Gasteiger partial charge is 0.258 e. The van der Waals surface area contributed by atoms with Crippen molar-refractivity contribution in [2.24, 2.45) is 0 Å². The summed E-state index contributed by atoms with van der Waals surface area (Å²) < 4.78 is 39.2. The summed E-state index contributed by atoms with van der Waals surface area (Å²) in [4.78, 5) is 18.1. The average Bonchev–Trinajstić information content (AvgIpc) is 2.35. The van der Waals surface area contributed by atoms with Crippen molar-refractivity contribution in [1.82, 2.24) is 9.97 Å². The van der Waals surface area contributed by atoms with Crippen LogP contribution < -0.4 is 5.32 Å². The Balaban J connectivity index is 2.28. The Bertz CT molecular complexity index is 604. The molecule has 0 saturated heterocycles. The van der Waals surface area contributed by atoms with Gasteiger partial charge in [-0.1, -0.05) is 0 Å². The van der Waals surface area contributed by atoms with Crippen LogP contribution in [0.5, 0.6) is 0 Å². The van der Waals surface area contributed by atoms with Gasteiger partial charge in [0.2, 0.25) is 5.95 Å². The van der Waals surface area contributed by atoms with Gasteiger partial charge in [0, 0.05) is 12.4 Å². The van der Waals surface area contributed by atoms with Crippen LogP contribution in [0, 0.1) is 17.6 Å². The maximum absolute atomic E-state index is 13.3. The number of nitrogens with one attached hydrogen (secondary N) is 1. The van der Waals surface area contributed by atoms with Crippen LogP contribution >= 0.6 is 0 Å². The number of amides is 1. The van der Waals surface area contributed by atoms with Gasteiger partial charge in [-0.2, -0.15) is 4.39 Å². The second kappa shape index (κ2) is 4.82. The molecule has 2 aromatic heterocycles. The second-order valence-corrected chi connectivity index (χ2v) is 3.27. The molecule has 0 aliphatic rings. The highest BCUT2D eigenvalue weighted by molar-refractivity contribution is 6.04. The summed E-state index contributed by atoms with van der Waals surface area (Å²) in [5.41, 5.74) is -0.731. The number of pyridine rings is 2. The molecular weight excluding hydrogens is 247 g/mol. The Kier molecular flexibility index (Phi) is 3.22. The minimum Gasteiger partial charge on any atom is -0.319 e. The van der Waals surface area contributed by atoms with Gasteiger partial charge in [0.1, 0.15) is 0 Å². The topological polar surface area (TPSA) is 54.9 Å². The van der Waals surface area contributed by atoms with E-state index < -0.39 is 29.1 Å². The predicted molar refractivity (Wildman–Crippen MR) is 56.3 cm³/mol. The van der Waals surface area contributed by atoms with Gasteiger partial charge < -0.3 is 5.32 Å². The molecule has 0 atom stereocenters. The van der Waals surface area contributed by atoms with E-state index in [0.717, 1.165) is 18.5 Å². The molecule has 2 heterocycles. The Hall–Kier alpha value is -2.44. The molecule has 0 aliphatic carbocycles. The van der Waals surface area contributed by atoms with E-state index in [2.05, 4.69) is 15.3 Å². The van der Waals surface area contributed by atoms with Crippen molar-refractivity contribution in [2.45, 2.75) is 0 Å². The monoisotopic (exact) mass is 253 g/mol. The van der Waals surface area contributed by atoms with Crippen LogP contribution in [0.4, 0.5) is 18.9 Å². The van der Waals surface area contributed by atoms with Crippen molar-refractivity contribution < 1.29 is 18.0 Å². The molecule has 0 radical (unpaired) electrons. The lowest BCUT2D eigenvalue weighted by Gasteiger charge is -2.06. The lowest BCUT2D eigenvalue weighted by molar-refractivity contribution is 0.102. The summed E-state index contributed by atoms with van der Waals surface area (Å²) in [6.07, 6.45) is 3.08. The highest BCUT2D eigenvalue weighted by atomic mass is 19.2. The fraction of sp³-hybridized carbons (Fsp3) is 0. The van der Waals surface area contributed by atoms with Gasteiger partial charge in [-0.3, -0.25) is 9.78 Å². The normalized spacial score (nSPS) is 10.2. The summed E-state index contributed by atoms with van der Waals surface area (Å²) in [6.45, 7) is 0. The molecule has 0 unspecified atom stereocenters. The van der Waals surface area contributed by atoms with E-state index in [0.29, 0.717) is 0 Å². The molecule has 18 heavy (non-hydrogen) atoms. The first-order valence-corrected chi connectivity index (χ1v) is 4.80. The molecule has 0 spiro atoms. The molecule has 2 rings (SSSR count). The SMILES string of the molecule is O=C(Nc1ccncc1F)c1ccnc(F)c1F. The summed E-state index contributed by atoms with van der Waals surface area (Å²) in [7, 11) is 0. The zero-order chi connectivity index (χ0) is 13.1. The molecule has 2 aromatic rings. The van der Waals surface area contributed by atoms with Crippen molar-refractivity contribution in [2.75, 3.05) is 5.32 Å². The van der Waals surface area contributed by atoms with E-state index >= 15 is 0 Å². The van der Waals surface area contributed by atoms with Crippen LogP contribution in [0.1, 0.15) is 10.4 Å². The predicted octanol–water partition coefficient (Wildman–Crippen LogP) is 2.15. The third-order valence-corrected chi connectivity index (χ3v) is 2.11. The van der Waals surface area contributed by atoms with Crippen LogP contribution in [0.25, 0.3) is 0 Å². The number of carbonyl (C=O) groups is 1. The average molecular weight is 253 g/mol. The molecule has 4 nitrogen and oxygen atoms in total. The molecule has 7 heteroatoms. The van der Waals surface area contributed by atoms with E-state index in [9.17, 15) is 18.0 Å². The van der Waals surface area contributed by atoms with Gasteiger partial charge in [-0.15, -0.1) is 0 Å². The maximum atomic E-state index is 13.3. The van der Waals surface area contributed by atoms with Crippen LogP contribution in [-0.2, 0) is 0 Å². The van der Waals surface area contributed by atoms with Crippen molar-refractivity contribution in [1.29, 1.82) is 0 Å². The fourth-order valence-electron chi connectivity index (χ4n) is 1.26. The number of aromatic nitrogens is 2. The molecular formula is C11H6F3N3O. The molecule has 0 fully saturated rings. The van der Waals surface area contributed by atoms with Crippen LogP contribution in [0.3, 0.4) is 0 Å². The van der Waals surface area contributed by atoms with E-state index in [-0.39, 0.29) is 5.69 Å². The largest absolute Gasteiger partial charge is 0.319 e. The van der Waals surface area contributed by atoms with Gasteiger partial charge in [0.15, 0.2) is 11.6 Å². The molecule has 0 aliphatic heterocycles. The van der Waals surface area contributed by atoms with E-state index in [1.54, 1.807) is 0 Å². The first-order valence-electron chi connectivity index (χ1n) is 4.80. The zero-order valence-electron chi connectivity index (χ0n) is 8.82. The van der Waals surface area contributed by atoms with E-state index in [4.69, 9.17) is 0 Å². The van der Waals surface area contributed by atoms with Crippen LogP contribution in [0.2, 0.25) is 0 Å². The van der Waals surface area contributed by atoms with Gasteiger partial charge in [0.25, 0.3) is 5.91 Å². The first kappa shape index (κ1) is 12.0. The number of hydrogen-bond donors (Lipinski definition) is 1. The Morgan fingerprint density at radius 3 is 2.67 bits per heavy atom. The number of halogens is 3. The second-order valence-electron chi connectivity index (χ2n) is 3.27. The quantitative estimate of drug-likeness (QED) is 0.834. The summed E-state index contributed by atoms with van der Waals surface area (Å²) >= 11 is 0. The summed E-state index contributed by atoms with van der Waals surface area (Å²) in [5, 5.41) is 2.11. The third-order valence-electron chi connectivity index (χ3n) is 2.11. The highest BCUT2D eigenvalue weighted by Gasteiger charge is 2.17. The molecule has 1 N–H and O–H groups in total. The Morgan fingerprint density at radius 1 is 1.17 bits per heavy atom. The number of nitrogens with zero attached hydrogens (tertiary/aromatic N) is 2. The van der Waals surface area contributed by atoms with Crippen LogP contribution in [-0.4, -0.2) is 15.9 Å². The third kappa shape index (κ3) is 2.29. The highest BCUT2D eigenvalue weighted by Crippen LogP contribution is 2.15. The van der Waals surface area contributed by atoms with Crippen molar-refractivity contribution in [3.63, 3.8) is 0 Å². The number of carbonyl (C=O) groups excluding carboxylic acids is 1. The lowest BCUT2D eigenvalue weighted by atomic mass is 10.2. The van der Waals surface area contributed by atoms with E-state index in [1.165, 1.54) is 12.3 Å². The standard InChI is InChI=1S/C11H6F3N3O/c12-7-5-15-3-2-8(7)17-11(18)6-1-4-16-10(14)9(6)13/h1-5H,(H,15,17,18). The Labute approximate surface area is 99.5 Å². The number of rotatable bonds is 2. The van der Waals surface area contributed by atoms with Crippen molar-refractivity contribution in [3.05, 3.63) is 53.9 Å². The molecule has 92 valence electrons. The molecule has 0 saturated carbocycles. The molecule has 1 amide bonds. The van der Waals surface area contributed by atoms with Gasteiger partial charge in [-0.25, -0.2) is 13.8 Å². The Morgan fingerprint density at radius 2 is 1.94 bits per heavy atom. The molecule has 0 bridgehead atoms. The minimum absolute atomic E-state index is 0.174. The number of anilines is 1. The van der Waals surface area contributed by atoms with Crippen molar-refractivity contribution >= 4 is 11.6 Å². The van der Waals surface area contributed by atoms with E-state index in [1.807, 2.05) is 0 Å². The van der Waals surface area contributed by atoms with Gasteiger partial charge in [-0.05, 0) is 12.1 Å². The zero-order valence-corrected chi connectivity index (χ0v) is 8.82.